The Balaban J connectivity index is 2.03. The molecule has 0 radical (unpaired) electrons. The lowest BCUT2D eigenvalue weighted by Crippen LogP contribution is -2.45. The standard InChI is InChI=1S/C12H18N2O3S/c1-9(15)11-4-2-3-5-13(11)7-10-6-12(14(16)17)18-8-10/h6,8-9,11,15H,2-5,7H2,1H3/t9-,11+/m0/s1. The van der Waals surface area contributed by atoms with Crippen molar-refractivity contribution in [3.63, 3.8) is 0 Å². The molecule has 1 aromatic rings. The summed E-state index contributed by atoms with van der Waals surface area (Å²) in [6, 6.07) is 1.82. The van der Waals surface area contributed by atoms with Crippen LogP contribution in [0.25, 0.3) is 0 Å². The van der Waals surface area contributed by atoms with E-state index in [9.17, 15) is 15.2 Å². The van der Waals surface area contributed by atoms with Crippen molar-refractivity contribution in [3.8, 4) is 0 Å². The normalized spacial score (nSPS) is 22.9. The topological polar surface area (TPSA) is 66.6 Å². The first kappa shape index (κ1) is 13.5. The fraction of sp³-hybridized carbons (Fsp3) is 0.667. The van der Waals surface area contributed by atoms with Crippen LogP contribution in [0.2, 0.25) is 0 Å². The lowest BCUT2D eigenvalue weighted by Gasteiger charge is -2.37. The van der Waals surface area contributed by atoms with Gasteiger partial charge < -0.3 is 5.11 Å². The molecule has 0 bridgehead atoms. The second kappa shape index (κ2) is 5.77. The minimum Gasteiger partial charge on any atom is -0.392 e. The minimum absolute atomic E-state index is 0.178. The van der Waals surface area contributed by atoms with Crippen molar-refractivity contribution in [1.29, 1.82) is 0 Å². The summed E-state index contributed by atoms with van der Waals surface area (Å²) >= 11 is 1.17. The molecular weight excluding hydrogens is 252 g/mol. The molecule has 0 amide bonds. The molecule has 1 N–H and O–H groups in total. The molecule has 1 fully saturated rings. The van der Waals surface area contributed by atoms with Gasteiger partial charge in [-0.15, -0.1) is 0 Å². The van der Waals surface area contributed by atoms with Gasteiger partial charge in [-0.25, -0.2) is 0 Å². The first-order chi connectivity index (χ1) is 8.58. The summed E-state index contributed by atoms with van der Waals surface area (Å²) < 4.78 is 0. The third kappa shape index (κ3) is 3.07. The Morgan fingerprint density at radius 1 is 1.67 bits per heavy atom. The molecular formula is C12H18N2O3S. The minimum atomic E-state index is -0.351. The third-order valence-electron chi connectivity index (χ3n) is 3.43. The second-order valence-corrected chi connectivity index (χ2v) is 5.71. The van der Waals surface area contributed by atoms with Gasteiger partial charge in [0.05, 0.1) is 11.0 Å². The highest BCUT2D eigenvalue weighted by atomic mass is 32.1. The van der Waals surface area contributed by atoms with Crippen LogP contribution >= 0.6 is 11.3 Å². The first-order valence-electron chi connectivity index (χ1n) is 6.22. The van der Waals surface area contributed by atoms with E-state index in [0.717, 1.165) is 31.4 Å². The molecule has 0 saturated carbocycles. The van der Waals surface area contributed by atoms with Crippen LogP contribution < -0.4 is 0 Å². The molecule has 6 heteroatoms. The molecule has 0 aromatic carbocycles. The number of aliphatic hydroxyl groups excluding tert-OH is 1. The summed E-state index contributed by atoms with van der Waals surface area (Å²) in [6.07, 6.45) is 2.94. The zero-order valence-electron chi connectivity index (χ0n) is 10.4. The molecule has 1 aliphatic rings. The molecule has 2 atom stereocenters. The van der Waals surface area contributed by atoms with Crippen LogP contribution in [0.3, 0.4) is 0 Å². The predicted octanol–water partition coefficient (Wildman–Crippen LogP) is 2.39. The smallest absolute Gasteiger partial charge is 0.324 e. The number of nitrogens with zero attached hydrogens (tertiary/aromatic N) is 2. The fourth-order valence-corrected chi connectivity index (χ4v) is 3.26. The Morgan fingerprint density at radius 2 is 2.44 bits per heavy atom. The number of likely N-dealkylation sites (tertiary alicyclic amines) is 1. The molecule has 100 valence electrons. The summed E-state index contributed by atoms with van der Waals surface area (Å²) in [6.45, 7) is 3.47. The molecule has 2 heterocycles. The molecule has 1 aliphatic heterocycles. The molecule has 0 aliphatic carbocycles. The Bertz CT molecular complexity index is 419. The van der Waals surface area contributed by atoms with E-state index in [4.69, 9.17) is 0 Å². The highest BCUT2D eigenvalue weighted by Gasteiger charge is 2.26. The fourth-order valence-electron chi connectivity index (χ4n) is 2.54. The molecule has 1 aromatic heterocycles. The highest BCUT2D eigenvalue weighted by Crippen LogP contribution is 2.27. The number of aliphatic hydroxyl groups is 1. The highest BCUT2D eigenvalue weighted by molar-refractivity contribution is 7.13. The maximum atomic E-state index is 10.6. The van der Waals surface area contributed by atoms with E-state index in [1.54, 1.807) is 6.07 Å². The molecule has 5 nitrogen and oxygen atoms in total. The maximum Gasteiger partial charge on any atom is 0.324 e. The van der Waals surface area contributed by atoms with E-state index in [1.807, 2.05) is 12.3 Å². The van der Waals surface area contributed by atoms with Gasteiger partial charge in [-0.1, -0.05) is 17.8 Å². The number of piperidine rings is 1. The zero-order chi connectivity index (χ0) is 13.1. The van der Waals surface area contributed by atoms with Crippen molar-refractivity contribution >= 4 is 16.3 Å². The zero-order valence-corrected chi connectivity index (χ0v) is 11.2. The Morgan fingerprint density at radius 3 is 3.06 bits per heavy atom. The molecule has 1 saturated heterocycles. The van der Waals surface area contributed by atoms with Crippen molar-refractivity contribution in [2.75, 3.05) is 6.54 Å². The van der Waals surface area contributed by atoms with Crippen LogP contribution in [0.1, 0.15) is 31.7 Å². The third-order valence-corrected chi connectivity index (χ3v) is 4.36. The summed E-state index contributed by atoms with van der Waals surface area (Å²) in [7, 11) is 0. The summed E-state index contributed by atoms with van der Waals surface area (Å²) in [5, 5.41) is 22.4. The van der Waals surface area contributed by atoms with Crippen molar-refractivity contribution in [3.05, 3.63) is 27.1 Å². The Hall–Kier alpha value is -0.980. The van der Waals surface area contributed by atoms with Gasteiger partial charge in [0.2, 0.25) is 0 Å². The SMILES string of the molecule is C[C@H](O)[C@H]1CCCCN1Cc1csc([N+](=O)[O-])c1. The van der Waals surface area contributed by atoms with E-state index in [2.05, 4.69) is 4.90 Å². The first-order valence-corrected chi connectivity index (χ1v) is 7.10. The largest absolute Gasteiger partial charge is 0.392 e. The van der Waals surface area contributed by atoms with Gasteiger partial charge in [0.25, 0.3) is 0 Å². The van der Waals surface area contributed by atoms with Crippen LogP contribution in [0.5, 0.6) is 0 Å². The van der Waals surface area contributed by atoms with E-state index < -0.39 is 0 Å². The maximum absolute atomic E-state index is 10.6. The average molecular weight is 270 g/mol. The van der Waals surface area contributed by atoms with Crippen LogP contribution in [0.4, 0.5) is 5.00 Å². The molecule has 0 unspecified atom stereocenters. The van der Waals surface area contributed by atoms with Crippen LogP contribution in [0.15, 0.2) is 11.4 Å². The predicted molar refractivity (Wildman–Crippen MR) is 70.7 cm³/mol. The van der Waals surface area contributed by atoms with E-state index in [1.165, 1.54) is 11.3 Å². The van der Waals surface area contributed by atoms with Crippen LogP contribution in [-0.4, -0.2) is 33.6 Å². The van der Waals surface area contributed by atoms with Gasteiger partial charge in [-0.2, -0.15) is 0 Å². The summed E-state index contributed by atoms with van der Waals surface area (Å²) in [4.78, 5) is 12.5. The monoisotopic (exact) mass is 270 g/mol. The van der Waals surface area contributed by atoms with Gasteiger partial charge in [0.15, 0.2) is 0 Å². The average Bonchev–Trinajstić information content (AvgIpc) is 2.78. The molecule has 18 heavy (non-hydrogen) atoms. The lowest BCUT2D eigenvalue weighted by molar-refractivity contribution is -0.380. The quantitative estimate of drug-likeness (QED) is 0.674. The van der Waals surface area contributed by atoms with Crippen LogP contribution in [0, 0.1) is 10.1 Å². The van der Waals surface area contributed by atoms with E-state index in [0.29, 0.717) is 6.54 Å². The van der Waals surface area contributed by atoms with Gasteiger partial charge in [-0.3, -0.25) is 15.0 Å². The van der Waals surface area contributed by atoms with Crippen molar-refractivity contribution in [1.82, 2.24) is 4.90 Å². The van der Waals surface area contributed by atoms with E-state index >= 15 is 0 Å². The number of hydrogen-bond donors (Lipinski definition) is 1. The van der Waals surface area contributed by atoms with Gasteiger partial charge >= 0.3 is 5.00 Å². The van der Waals surface area contributed by atoms with Gasteiger partial charge in [-0.05, 0) is 31.9 Å². The van der Waals surface area contributed by atoms with Gasteiger partial charge in [0.1, 0.15) is 0 Å². The Kier molecular flexibility index (Phi) is 4.31. The number of nitro groups is 1. The summed E-state index contributed by atoms with van der Waals surface area (Å²) in [5.74, 6) is 0. The van der Waals surface area contributed by atoms with Crippen LogP contribution in [-0.2, 0) is 6.54 Å². The Labute approximate surface area is 110 Å². The van der Waals surface area contributed by atoms with Crippen molar-refractivity contribution < 1.29 is 10.0 Å². The van der Waals surface area contributed by atoms with E-state index in [-0.39, 0.29) is 22.1 Å². The number of hydrogen-bond acceptors (Lipinski definition) is 5. The van der Waals surface area contributed by atoms with Gasteiger partial charge in [0, 0.05) is 24.0 Å². The molecule has 0 spiro atoms. The van der Waals surface area contributed by atoms with Crippen molar-refractivity contribution in [2.24, 2.45) is 0 Å². The summed E-state index contributed by atoms with van der Waals surface area (Å²) in [5.41, 5.74) is 0.972. The number of rotatable bonds is 4. The molecule has 2 rings (SSSR count). The lowest BCUT2D eigenvalue weighted by atomic mass is 9.98. The second-order valence-electron chi connectivity index (χ2n) is 4.82. The number of thiophene rings is 1. The van der Waals surface area contributed by atoms with Crippen molar-refractivity contribution in [2.45, 2.75) is 44.9 Å².